The monoisotopic (exact) mass is 484 g/mol. The highest BCUT2D eigenvalue weighted by Gasteiger charge is 2.12. The largest absolute Gasteiger partial charge is 0.466 e. The number of esters is 1. The molecule has 0 aromatic heterocycles. The molecule has 0 bridgehead atoms. The number of rotatable bonds is 24. The molecule has 4 heteroatoms. The Morgan fingerprint density at radius 1 is 0.697 bits per heavy atom. The van der Waals surface area contributed by atoms with Gasteiger partial charge in [0, 0.05) is 12.2 Å². The van der Waals surface area contributed by atoms with E-state index in [0.29, 0.717) is 37.0 Å². The zero-order chi connectivity index (χ0) is 24.6. The van der Waals surface area contributed by atoms with Crippen LogP contribution in [0.5, 0.6) is 0 Å². The zero-order valence-corrected chi connectivity index (χ0v) is 23.5. The molecule has 0 rings (SSSR count). The van der Waals surface area contributed by atoms with E-state index < -0.39 is 0 Å². The number of carbonyl (C=O) groups excluding carboxylic acids is 2. The van der Waals surface area contributed by atoms with Crippen molar-refractivity contribution in [3.05, 3.63) is 0 Å². The first-order valence-corrected chi connectivity index (χ1v) is 15.3. The molecule has 0 aromatic carbocycles. The van der Waals surface area contributed by atoms with Crippen molar-refractivity contribution in [2.24, 2.45) is 11.8 Å². The molecule has 0 aromatic rings. The quantitative estimate of drug-likeness (QED) is 0.101. The first-order chi connectivity index (χ1) is 16.0. The lowest BCUT2D eigenvalue weighted by atomic mass is 9.97. The maximum absolute atomic E-state index is 12.0. The van der Waals surface area contributed by atoms with Crippen LogP contribution < -0.4 is 0 Å². The maximum atomic E-state index is 12.0. The Hall–Kier alpha value is -0.510. The molecular weight excluding hydrogens is 428 g/mol. The van der Waals surface area contributed by atoms with Gasteiger partial charge in [-0.05, 0) is 24.7 Å². The van der Waals surface area contributed by atoms with E-state index in [0.717, 1.165) is 19.3 Å². The van der Waals surface area contributed by atoms with E-state index in [-0.39, 0.29) is 11.1 Å². The van der Waals surface area contributed by atoms with Crippen LogP contribution in [0.25, 0.3) is 0 Å². The predicted molar refractivity (Wildman–Crippen MR) is 146 cm³/mol. The fourth-order valence-electron chi connectivity index (χ4n) is 4.39. The molecule has 33 heavy (non-hydrogen) atoms. The average molecular weight is 485 g/mol. The smallest absolute Gasteiger partial charge is 0.306 e. The maximum Gasteiger partial charge on any atom is 0.306 e. The van der Waals surface area contributed by atoms with E-state index in [9.17, 15) is 9.59 Å². The fourth-order valence-corrected chi connectivity index (χ4v) is 5.29. The van der Waals surface area contributed by atoms with Gasteiger partial charge in [0.1, 0.15) is 0 Å². The molecule has 0 heterocycles. The molecule has 0 spiro atoms. The molecule has 0 fully saturated rings. The topological polar surface area (TPSA) is 43.4 Å². The Balaban J connectivity index is 3.30. The van der Waals surface area contributed by atoms with Crippen LogP contribution in [0.15, 0.2) is 0 Å². The van der Waals surface area contributed by atoms with Gasteiger partial charge in [-0.2, -0.15) is 0 Å². The Morgan fingerprint density at radius 3 is 1.61 bits per heavy atom. The fraction of sp³-hybridized carbons (Fsp3) is 0.931. The van der Waals surface area contributed by atoms with E-state index in [2.05, 4.69) is 27.7 Å². The summed E-state index contributed by atoms with van der Waals surface area (Å²) < 4.78 is 5.31. The van der Waals surface area contributed by atoms with Crippen LogP contribution in [0, 0.1) is 11.8 Å². The Labute approximate surface area is 211 Å². The third-order valence-electron chi connectivity index (χ3n) is 6.22. The number of thioether (sulfide) groups is 1. The van der Waals surface area contributed by atoms with Crippen LogP contribution in [0.1, 0.15) is 150 Å². The molecule has 1 atom stereocenters. The second kappa shape index (κ2) is 24.6. The lowest BCUT2D eigenvalue weighted by Gasteiger charge is -2.12. The summed E-state index contributed by atoms with van der Waals surface area (Å²) in [5, 5.41) is 0.203. The van der Waals surface area contributed by atoms with E-state index in [1.165, 1.54) is 102 Å². The van der Waals surface area contributed by atoms with Crippen molar-refractivity contribution < 1.29 is 14.3 Å². The van der Waals surface area contributed by atoms with Crippen LogP contribution >= 0.6 is 11.8 Å². The lowest BCUT2D eigenvalue weighted by Crippen LogP contribution is -2.09. The van der Waals surface area contributed by atoms with Crippen molar-refractivity contribution in [2.45, 2.75) is 150 Å². The standard InChI is InChI=1S/C29H56O3S/c1-5-6-7-8-9-10-11-12-13-14-15-16-17-18-19-20-22-32-28(30)21-23-33-29(31)25-27(4)24-26(2)3/h26-27H,5-25H2,1-4H3. The molecule has 0 aliphatic rings. The minimum atomic E-state index is -0.161. The molecular formula is C29H56O3S. The van der Waals surface area contributed by atoms with Crippen LogP contribution in [-0.4, -0.2) is 23.4 Å². The lowest BCUT2D eigenvalue weighted by molar-refractivity contribution is -0.143. The Bertz CT molecular complexity index is 450. The molecule has 0 aliphatic carbocycles. The highest BCUT2D eigenvalue weighted by Crippen LogP contribution is 2.19. The zero-order valence-electron chi connectivity index (χ0n) is 22.6. The number of hydrogen-bond acceptors (Lipinski definition) is 4. The summed E-state index contributed by atoms with van der Waals surface area (Å²) in [6.07, 6.45) is 23.5. The first kappa shape index (κ1) is 32.5. The summed E-state index contributed by atoms with van der Waals surface area (Å²) in [6.45, 7) is 9.31. The van der Waals surface area contributed by atoms with Crippen LogP contribution in [0.4, 0.5) is 0 Å². The first-order valence-electron chi connectivity index (χ1n) is 14.3. The highest BCUT2D eigenvalue weighted by molar-refractivity contribution is 8.13. The summed E-state index contributed by atoms with van der Waals surface area (Å²) in [6, 6.07) is 0. The van der Waals surface area contributed by atoms with Gasteiger partial charge in [0.05, 0.1) is 13.0 Å². The third-order valence-corrected chi connectivity index (χ3v) is 7.12. The van der Waals surface area contributed by atoms with Gasteiger partial charge in [-0.15, -0.1) is 0 Å². The van der Waals surface area contributed by atoms with Crippen LogP contribution in [0.3, 0.4) is 0 Å². The molecule has 1 unspecified atom stereocenters. The summed E-state index contributed by atoms with van der Waals surface area (Å²) >= 11 is 1.29. The van der Waals surface area contributed by atoms with E-state index in [1.54, 1.807) is 0 Å². The van der Waals surface area contributed by atoms with Gasteiger partial charge in [-0.1, -0.05) is 136 Å². The minimum Gasteiger partial charge on any atom is -0.466 e. The van der Waals surface area contributed by atoms with Crippen molar-refractivity contribution in [1.29, 1.82) is 0 Å². The van der Waals surface area contributed by atoms with Crippen LogP contribution in [-0.2, 0) is 14.3 Å². The number of carbonyl (C=O) groups is 2. The summed E-state index contributed by atoms with van der Waals surface area (Å²) in [5.74, 6) is 1.43. The van der Waals surface area contributed by atoms with Gasteiger partial charge >= 0.3 is 5.97 Å². The molecule has 0 aliphatic heterocycles. The van der Waals surface area contributed by atoms with Gasteiger partial charge in [0.2, 0.25) is 0 Å². The Morgan fingerprint density at radius 2 is 1.15 bits per heavy atom. The minimum absolute atomic E-state index is 0.161. The molecule has 0 N–H and O–H groups in total. The summed E-state index contributed by atoms with van der Waals surface area (Å²) in [5.41, 5.74) is 0. The molecule has 0 amide bonds. The van der Waals surface area contributed by atoms with E-state index in [1.807, 2.05) is 0 Å². The second-order valence-electron chi connectivity index (χ2n) is 10.4. The van der Waals surface area contributed by atoms with Crippen molar-refractivity contribution in [3.8, 4) is 0 Å². The number of unbranched alkanes of at least 4 members (excludes halogenated alkanes) is 15. The molecule has 0 saturated heterocycles. The normalized spacial score (nSPS) is 12.3. The van der Waals surface area contributed by atoms with E-state index >= 15 is 0 Å². The van der Waals surface area contributed by atoms with Crippen molar-refractivity contribution >= 4 is 22.8 Å². The average Bonchev–Trinajstić information content (AvgIpc) is 2.75. The van der Waals surface area contributed by atoms with Gasteiger partial charge in [0.25, 0.3) is 0 Å². The van der Waals surface area contributed by atoms with E-state index in [4.69, 9.17) is 4.74 Å². The second-order valence-corrected chi connectivity index (χ2v) is 11.6. The number of ether oxygens (including phenoxy) is 1. The van der Waals surface area contributed by atoms with Crippen molar-refractivity contribution in [3.63, 3.8) is 0 Å². The van der Waals surface area contributed by atoms with Crippen LogP contribution in [0.2, 0.25) is 0 Å². The van der Waals surface area contributed by atoms with Crippen molar-refractivity contribution in [1.82, 2.24) is 0 Å². The molecule has 3 nitrogen and oxygen atoms in total. The van der Waals surface area contributed by atoms with Gasteiger partial charge in [0.15, 0.2) is 5.12 Å². The summed E-state index contributed by atoms with van der Waals surface area (Å²) in [4.78, 5) is 23.8. The molecule has 0 radical (unpaired) electrons. The van der Waals surface area contributed by atoms with Crippen molar-refractivity contribution in [2.75, 3.05) is 12.4 Å². The SMILES string of the molecule is CCCCCCCCCCCCCCCCCCOC(=O)CCSC(=O)CC(C)CC(C)C. The van der Waals surface area contributed by atoms with Gasteiger partial charge in [-0.3, -0.25) is 9.59 Å². The molecule has 196 valence electrons. The number of hydrogen-bond donors (Lipinski definition) is 0. The highest BCUT2D eigenvalue weighted by atomic mass is 32.2. The Kier molecular flexibility index (Phi) is 24.2. The molecule has 0 saturated carbocycles. The summed E-state index contributed by atoms with van der Waals surface area (Å²) in [7, 11) is 0. The third kappa shape index (κ3) is 25.9. The predicted octanol–water partition coefficient (Wildman–Crippen LogP) is 9.51. The van der Waals surface area contributed by atoms with Gasteiger partial charge in [-0.25, -0.2) is 0 Å². The van der Waals surface area contributed by atoms with Gasteiger partial charge < -0.3 is 4.74 Å².